The Hall–Kier alpha value is -2.07. The molecule has 0 N–H and O–H groups in total. The lowest BCUT2D eigenvalue weighted by molar-refractivity contribution is -0.142. The summed E-state index contributed by atoms with van der Waals surface area (Å²) in [5.41, 5.74) is 1.28. The third-order valence-corrected chi connectivity index (χ3v) is 5.38. The molecule has 0 bridgehead atoms. The van der Waals surface area contributed by atoms with E-state index in [-0.39, 0.29) is 11.9 Å². The number of piperidine rings is 1. The Morgan fingerprint density at radius 1 is 1.24 bits per heavy atom. The molecule has 1 aliphatic heterocycles. The molecular formula is C20H23ClN2O2. The zero-order valence-corrected chi connectivity index (χ0v) is 15.6. The summed E-state index contributed by atoms with van der Waals surface area (Å²) >= 11 is 5.99. The summed E-state index contributed by atoms with van der Waals surface area (Å²) in [6.07, 6.45) is 1.70. The van der Waals surface area contributed by atoms with Crippen molar-refractivity contribution in [3.8, 4) is 5.88 Å². The molecule has 132 valence electrons. The highest BCUT2D eigenvalue weighted by Crippen LogP contribution is 2.41. The van der Waals surface area contributed by atoms with Crippen LogP contribution in [0.25, 0.3) is 0 Å². The Kier molecular flexibility index (Phi) is 5.00. The van der Waals surface area contributed by atoms with Gasteiger partial charge in [-0.1, -0.05) is 41.9 Å². The summed E-state index contributed by atoms with van der Waals surface area (Å²) in [5.74, 6) is 0.537. The fraction of sp³-hybridized carbons (Fsp3) is 0.400. The smallest absolute Gasteiger partial charge is 0.233 e. The number of pyridine rings is 1. The van der Waals surface area contributed by atoms with Crippen molar-refractivity contribution in [1.82, 2.24) is 9.88 Å². The van der Waals surface area contributed by atoms with Gasteiger partial charge in [-0.25, -0.2) is 4.98 Å². The first-order valence-corrected chi connectivity index (χ1v) is 8.92. The van der Waals surface area contributed by atoms with Crippen LogP contribution in [0.15, 0.2) is 42.5 Å². The minimum Gasteiger partial charge on any atom is -0.481 e. The van der Waals surface area contributed by atoms with Gasteiger partial charge in [0, 0.05) is 12.1 Å². The van der Waals surface area contributed by atoms with Gasteiger partial charge in [0.15, 0.2) is 0 Å². The van der Waals surface area contributed by atoms with Gasteiger partial charge in [-0.05, 0) is 44.4 Å². The minimum absolute atomic E-state index is 0.0274. The second kappa shape index (κ2) is 7.04. The second-order valence-corrected chi connectivity index (χ2v) is 7.10. The number of rotatable bonds is 4. The van der Waals surface area contributed by atoms with Crippen molar-refractivity contribution in [3.05, 3.63) is 58.7 Å². The molecule has 2 aromatic rings. The van der Waals surface area contributed by atoms with Gasteiger partial charge in [-0.3, -0.25) is 4.79 Å². The molecule has 5 heteroatoms. The number of ether oxygens (including phenoxy) is 1. The average molecular weight is 359 g/mol. The van der Waals surface area contributed by atoms with Crippen LogP contribution in [0, 0.1) is 0 Å². The van der Waals surface area contributed by atoms with E-state index in [2.05, 4.69) is 24.0 Å². The Balaban J connectivity index is 1.96. The van der Waals surface area contributed by atoms with E-state index in [1.165, 1.54) is 0 Å². The normalized spacial score (nSPS) is 21.9. The minimum atomic E-state index is -0.662. The van der Waals surface area contributed by atoms with Crippen LogP contribution in [0.1, 0.15) is 43.9 Å². The highest BCUT2D eigenvalue weighted by atomic mass is 35.5. The van der Waals surface area contributed by atoms with Gasteiger partial charge >= 0.3 is 0 Å². The van der Waals surface area contributed by atoms with Crippen LogP contribution in [-0.2, 0) is 10.2 Å². The van der Waals surface area contributed by atoms with Crippen molar-refractivity contribution in [1.29, 1.82) is 0 Å². The second-order valence-electron chi connectivity index (χ2n) is 6.71. The number of carbonyl (C=O) groups is 1. The Morgan fingerprint density at radius 3 is 2.64 bits per heavy atom. The molecule has 3 rings (SSSR count). The lowest BCUT2D eigenvalue weighted by atomic mass is 9.74. The van der Waals surface area contributed by atoms with Gasteiger partial charge in [-0.15, -0.1) is 0 Å². The van der Waals surface area contributed by atoms with Gasteiger partial charge in [-0.2, -0.15) is 0 Å². The van der Waals surface area contributed by atoms with Crippen LogP contribution in [0.4, 0.5) is 0 Å². The van der Waals surface area contributed by atoms with E-state index in [0.29, 0.717) is 11.0 Å². The van der Waals surface area contributed by atoms with E-state index < -0.39 is 5.41 Å². The summed E-state index contributed by atoms with van der Waals surface area (Å²) < 4.78 is 5.41. The fourth-order valence-corrected chi connectivity index (χ4v) is 3.79. The van der Waals surface area contributed by atoms with Crippen molar-refractivity contribution < 1.29 is 9.53 Å². The Bertz CT molecular complexity index is 766. The molecule has 0 saturated carbocycles. The van der Waals surface area contributed by atoms with E-state index in [4.69, 9.17) is 16.3 Å². The third-order valence-electron chi connectivity index (χ3n) is 5.17. The molecule has 2 atom stereocenters. The third kappa shape index (κ3) is 3.23. The maximum absolute atomic E-state index is 13.4. The van der Waals surface area contributed by atoms with E-state index in [1.807, 2.05) is 36.1 Å². The number of aromatic nitrogens is 1. The maximum atomic E-state index is 13.4. The van der Waals surface area contributed by atoms with Crippen molar-refractivity contribution in [2.24, 2.45) is 0 Å². The monoisotopic (exact) mass is 358 g/mol. The van der Waals surface area contributed by atoms with Crippen molar-refractivity contribution >= 4 is 17.5 Å². The number of likely N-dealkylation sites (tertiary alicyclic amines) is 1. The number of halogens is 1. The lowest BCUT2D eigenvalue weighted by Crippen LogP contribution is -2.50. The molecule has 0 aliphatic carbocycles. The van der Waals surface area contributed by atoms with Crippen LogP contribution in [-0.4, -0.2) is 29.4 Å². The fourth-order valence-electron chi connectivity index (χ4n) is 3.65. The lowest BCUT2D eigenvalue weighted by Gasteiger charge is -2.42. The van der Waals surface area contributed by atoms with Gasteiger partial charge in [0.05, 0.1) is 18.6 Å². The van der Waals surface area contributed by atoms with Gasteiger partial charge < -0.3 is 9.64 Å². The SMILES string of the molecule is COc1nc(Cl)ccc1[C@@]1(C)CCCN([C@@H](C)c2ccccc2)C1=O. The van der Waals surface area contributed by atoms with Gasteiger partial charge in [0.2, 0.25) is 11.8 Å². The molecule has 0 radical (unpaired) electrons. The van der Waals surface area contributed by atoms with Crippen LogP contribution < -0.4 is 4.74 Å². The molecule has 2 heterocycles. The van der Waals surface area contributed by atoms with E-state index in [0.717, 1.165) is 30.5 Å². The number of hydrogen-bond donors (Lipinski definition) is 0. The Labute approximate surface area is 153 Å². The molecule has 0 unspecified atom stereocenters. The van der Waals surface area contributed by atoms with Crippen LogP contribution in [0.2, 0.25) is 5.15 Å². The number of amides is 1. The number of benzene rings is 1. The Morgan fingerprint density at radius 2 is 1.96 bits per heavy atom. The van der Waals surface area contributed by atoms with Crippen LogP contribution in [0.3, 0.4) is 0 Å². The van der Waals surface area contributed by atoms with Gasteiger partial charge in [0.25, 0.3) is 0 Å². The predicted octanol–water partition coefficient (Wildman–Crippen LogP) is 4.38. The zero-order valence-electron chi connectivity index (χ0n) is 14.8. The highest BCUT2D eigenvalue weighted by molar-refractivity contribution is 6.29. The highest BCUT2D eigenvalue weighted by Gasteiger charge is 2.44. The first-order chi connectivity index (χ1) is 12.0. The van der Waals surface area contributed by atoms with E-state index in [9.17, 15) is 4.79 Å². The topological polar surface area (TPSA) is 42.4 Å². The van der Waals surface area contributed by atoms with Gasteiger partial charge in [0.1, 0.15) is 5.15 Å². The molecule has 1 aromatic carbocycles. The quantitative estimate of drug-likeness (QED) is 0.761. The molecule has 0 spiro atoms. The number of carbonyl (C=O) groups excluding carboxylic acids is 1. The van der Waals surface area contributed by atoms with Crippen LogP contribution >= 0.6 is 11.6 Å². The summed E-state index contributed by atoms with van der Waals surface area (Å²) in [5, 5.41) is 0.363. The largest absolute Gasteiger partial charge is 0.481 e. The number of nitrogens with zero attached hydrogens (tertiary/aromatic N) is 2. The zero-order chi connectivity index (χ0) is 18.0. The summed E-state index contributed by atoms with van der Waals surface area (Å²) in [6.45, 7) is 4.82. The molecule has 1 saturated heterocycles. The van der Waals surface area contributed by atoms with E-state index >= 15 is 0 Å². The number of methoxy groups -OCH3 is 1. The standard InChI is InChI=1S/C20H23ClN2O2/c1-14(15-8-5-4-6-9-15)23-13-7-12-20(2,19(23)24)16-10-11-17(21)22-18(16)25-3/h4-6,8-11,14H,7,12-13H2,1-3H3/t14-,20+/m0/s1. The summed E-state index contributed by atoms with van der Waals surface area (Å²) in [7, 11) is 1.56. The molecule has 25 heavy (non-hydrogen) atoms. The summed E-state index contributed by atoms with van der Waals surface area (Å²) in [4.78, 5) is 19.6. The van der Waals surface area contributed by atoms with Crippen LogP contribution in [0.5, 0.6) is 5.88 Å². The number of hydrogen-bond acceptors (Lipinski definition) is 3. The maximum Gasteiger partial charge on any atom is 0.233 e. The van der Waals surface area contributed by atoms with E-state index in [1.54, 1.807) is 13.2 Å². The first kappa shape index (κ1) is 17.7. The molecule has 4 nitrogen and oxygen atoms in total. The van der Waals surface area contributed by atoms with Crippen molar-refractivity contribution in [2.75, 3.05) is 13.7 Å². The molecule has 1 aromatic heterocycles. The predicted molar refractivity (Wildman–Crippen MR) is 99.0 cm³/mol. The van der Waals surface area contributed by atoms with Crippen molar-refractivity contribution in [2.45, 2.75) is 38.1 Å². The molecule has 1 amide bonds. The molecular weight excluding hydrogens is 336 g/mol. The summed E-state index contributed by atoms with van der Waals surface area (Å²) in [6, 6.07) is 13.7. The first-order valence-electron chi connectivity index (χ1n) is 8.54. The average Bonchev–Trinajstić information content (AvgIpc) is 2.64. The molecule has 1 fully saturated rings. The van der Waals surface area contributed by atoms with Crippen molar-refractivity contribution in [3.63, 3.8) is 0 Å². The molecule has 1 aliphatic rings.